The Labute approximate surface area is 188 Å². The van der Waals surface area contributed by atoms with E-state index in [2.05, 4.69) is 15.4 Å². The lowest BCUT2D eigenvalue weighted by atomic mass is 10.2. The average Bonchev–Trinajstić information content (AvgIpc) is 3.24. The van der Waals surface area contributed by atoms with Crippen molar-refractivity contribution in [2.24, 2.45) is 0 Å². The Morgan fingerprint density at radius 2 is 1.73 bits per heavy atom. The quantitative estimate of drug-likeness (QED) is 0.400. The van der Waals surface area contributed by atoms with E-state index in [0.29, 0.717) is 34.9 Å². The molecule has 3 aromatic carbocycles. The predicted molar refractivity (Wildman–Crippen MR) is 118 cm³/mol. The lowest BCUT2D eigenvalue weighted by molar-refractivity contribution is 0.102. The first-order chi connectivity index (χ1) is 16.0. The van der Waals surface area contributed by atoms with E-state index in [1.54, 1.807) is 43.5 Å². The van der Waals surface area contributed by atoms with Crippen molar-refractivity contribution >= 4 is 11.6 Å². The summed E-state index contributed by atoms with van der Waals surface area (Å²) in [4.78, 5) is 16.8. The summed E-state index contributed by atoms with van der Waals surface area (Å²) in [5.74, 6) is -0.783. The maximum absolute atomic E-state index is 13.8. The highest BCUT2D eigenvalue weighted by molar-refractivity contribution is 6.04. The molecule has 0 aliphatic carbocycles. The number of carbonyl (C=O) groups excluding carboxylic acids is 1. The van der Waals surface area contributed by atoms with Gasteiger partial charge in [-0.15, -0.1) is 5.10 Å². The number of nitrogens with zero attached hydrogens (tertiary/aromatic N) is 3. The van der Waals surface area contributed by atoms with Gasteiger partial charge in [-0.2, -0.15) is 4.98 Å². The number of benzene rings is 3. The van der Waals surface area contributed by atoms with Gasteiger partial charge in [0, 0.05) is 23.9 Å². The zero-order valence-corrected chi connectivity index (χ0v) is 17.7. The van der Waals surface area contributed by atoms with Crippen LogP contribution in [0.15, 0.2) is 72.8 Å². The molecular weight excluding hydrogens is 430 g/mol. The smallest absolute Gasteiger partial charge is 0.336 e. The van der Waals surface area contributed by atoms with Crippen LogP contribution in [0.2, 0.25) is 0 Å². The van der Waals surface area contributed by atoms with E-state index in [1.807, 2.05) is 0 Å². The Balaban J connectivity index is 1.59. The van der Waals surface area contributed by atoms with Crippen LogP contribution in [-0.2, 0) is 4.74 Å². The molecule has 0 unspecified atom stereocenters. The van der Waals surface area contributed by atoms with E-state index >= 15 is 0 Å². The number of halogens is 2. The fourth-order valence-electron chi connectivity index (χ4n) is 3.06. The van der Waals surface area contributed by atoms with Gasteiger partial charge in [-0.05, 0) is 60.7 Å². The van der Waals surface area contributed by atoms with Gasteiger partial charge < -0.3 is 14.8 Å². The van der Waals surface area contributed by atoms with Gasteiger partial charge in [-0.25, -0.2) is 13.5 Å². The molecule has 9 heteroatoms. The van der Waals surface area contributed by atoms with E-state index in [-0.39, 0.29) is 18.5 Å². The standard InChI is InChI=1S/C24H20F2N4O3/c1-32-13-14-33-24-28-22(17-3-2-4-19(26)15-17)30(29-24)21-11-9-20(10-12-21)27-23(31)16-5-7-18(25)8-6-16/h2-12,15H,13-14H2,1H3,(H,27,31). The maximum Gasteiger partial charge on any atom is 0.336 e. The molecule has 4 rings (SSSR count). The topological polar surface area (TPSA) is 78.3 Å². The van der Waals surface area contributed by atoms with Crippen LogP contribution >= 0.6 is 0 Å². The molecule has 0 radical (unpaired) electrons. The molecule has 0 spiro atoms. The van der Waals surface area contributed by atoms with Crippen molar-refractivity contribution in [1.29, 1.82) is 0 Å². The fourth-order valence-corrected chi connectivity index (χ4v) is 3.06. The number of aromatic nitrogens is 3. The number of hydrogen-bond acceptors (Lipinski definition) is 5. The minimum absolute atomic E-state index is 0.125. The van der Waals surface area contributed by atoms with Crippen molar-refractivity contribution in [3.63, 3.8) is 0 Å². The Hall–Kier alpha value is -4.11. The first kappa shape index (κ1) is 22.1. The summed E-state index contributed by atoms with van der Waals surface area (Å²) in [6.07, 6.45) is 0. The van der Waals surface area contributed by atoms with E-state index in [1.165, 1.54) is 41.1 Å². The molecule has 0 fully saturated rings. The van der Waals surface area contributed by atoms with E-state index in [0.717, 1.165) is 0 Å². The lowest BCUT2D eigenvalue weighted by Crippen LogP contribution is -2.12. The zero-order chi connectivity index (χ0) is 23.2. The highest BCUT2D eigenvalue weighted by Gasteiger charge is 2.16. The first-order valence-electron chi connectivity index (χ1n) is 10.1. The van der Waals surface area contributed by atoms with Crippen LogP contribution in [0.1, 0.15) is 10.4 Å². The second-order valence-corrected chi connectivity index (χ2v) is 6.99. The third kappa shape index (κ3) is 5.39. The average molecular weight is 450 g/mol. The molecule has 0 saturated carbocycles. The van der Waals surface area contributed by atoms with Gasteiger partial charge in [0.25, 0.3) is 5.91 Å². The summed E-state index contributed by atoms with van der Waals surface area (Å²) in [5, 5.41) is 7.14. The monoisotopic (exact) mass is 450 g/mol. The van der Waals surface area contributed by atoms with Crippen LogP contribution in [0, 0.1) is 11.6 Å². The van der Waals surface area contributed by atoms with E-state index in [4.69, 9.17) is 9.47 Å². The summed E-state index contributed by atoms with van der Waals surface area (Å²) in [7, 11) is 1.56. The lowest BCUT2D eigenvalue weighted by Gasteiger charge is -2.09. The van der Waals surface area contributed by atoms with Gasteiger partial charge in [-0.3, -0.25) is 4.79 Å². The largest absolute Gasteiger partial charge is 0.460 e. The molecule has 4 aromatic rings. The van der Waals surface area contributed by atoms with Crippen LogP contribution in [-0.4, -0.2) is 41.0 Å². The van der Waals surface area contributed by atoms with Crippen LogP contribution in [0.5, 0.6) is 6.01 Å². The molecule has 0 aliphatic heterocycles. The van der Waals surface area contributed by atoms with Crippen LogP contribution in [0.3, 0.4) is 0 Å². The van der Waals surface area contributed by atoms with Crippen molar-refractivity contribution in [3.8, 4) is 23.1 Å². The van der Waals surface area contributed by atoms with E-state index < -0.39 is 11.6 Å². The molecule has 1 heterocycles. The van der Waals surface area contributed by atoms with Crippen LogP contribution in [0.25, 0.3) is 17.1 Å². The van der Waals surface area contributed by atoms with Crippen molar-refractivity contribution in [1.82, 2.24) is 14.8 Å². The Morgan fingerprint density at radius 1 is 0.970 bits per heavy atom. The van der Waals surface area contributed by atoms with E-state index in [9.17, 15) is 13.6 Å². The molecular formula is C24H20F2N4O3. The van der Waals surface area contributed by atoms with Crippen molar-refractivity contribution in [2.45, 2.75) is 0 Å². The summed E-state index contributed by atoms with van der Waals surface area (Å²) in [6, 6.07) is 18.3. The number of methoxy groups -OCH3 is 1. The van der Waals surface area contributed by atoms with Crippen LogP contribution < -0.4 is 10.1 Å². The molecule has 0 saturated heterocycles. The summed E-state index contributed by atoms with van der Waals surface area (Å²) in [5.41, 5.74) is 2.03. The highest BCUT2D eigenvalue weighted by Crippen LogP contribution is 2.25. The number of carbonyl (C=O) groups is 1. The Morgan fingerprint density at radius 3 is 2.42 bits per heavy atom. The van der Waals surface area contributed by atoms with Crippen molar-refractivity contribution < 1.29 is 23.0 Å². The maximum atomic E-state index is 13.8. The normalized spacial score (nSPS) is 10.8. The Kier molecular flexibility index (Phi) is 6.70. The molecule has 0 bridgehead atoms. The minimum Gasteiger partial charge on any atom is -0.460 e. The minimum atomic E-state index is -0.414. The SMILES string of the molecule is COCCOc1nc(-c2cccc(F)c2)n(-c2ccc(NC(=O)c3ccc(F)cc3)cc2)n1. The summed E-state index contributed by atoms with van der Waals surface area (Å²) >= 11 is 0. The molecule has 1 aromatic heterocycles. The molecule has 0 atom stereocenters. The van der Waals surface area contributed by atoms with Gasteiger partial charge in [0.05, 0.1) is 12.3 Å². The number of hydrogen-bond donors (Lipinski definition) is 1. The van der Waals surface area contributed by atoms with Gasteiger partial charge in [0.15, 0.2) is 5.82 Å². The molecule has 7 nitrogen and oxygen atoms in total. The summed E-state index contributed by atoms with van der Waals surface area (Å²) in [6.45, 7) is 0.629. The third-order valence-corrected chi connectivity index (χ3v) is 4.67. The molecule has 0 aliphatic rings. The van der Waals surface area contributed by atoms with Crippen LogP contribution in [0.4, 0.5) is 14.5 Å². The predicted octanol–water partition coefficient (Wildman–Crippen LogP) is 4.49. The van der Waals surface area contributed by atoms with Gasteiger partial charge in [0.1, 0.15) is 18.2 Å². The number of nitrogens with one attached hydrogen (secondary N) is 1. The second kappa shape index (κ2) is 10.0. The molecule has 1 amide bonds. The molecule has 168 valence electrons. The van der Waals surface area contributed by atoms with Gasteiger partial charge in [-0.1, -0.05) is 12.1 Å². The number of rotatable bonds is 8. The zero-order valence-electron chi connectivity index (χ0n) is 17.7. The number of ether oxygens (including phenoxy) is 2. The first-order valence-corrected chi connectivity index (χ1v) is 10.1. The van der Waals surface area contributed by atoms with Gasteiger partial charge >= 0.3 is 6.01 Å². The molecule has 1 N–H and O–H groups in total. The molecule has 33 heavy (non-hydrogen) atoms. The van der Waals surface area contributed by atoms with Crippen molar-refractivity contribution in [3.05, 3.63) is 90.0 Å². The number of anilines is 1. The third-order valence-electron chi connectivity index (χ3n) is 4.67. The Bertz CT molecular complexity index is 1240. The van der Waals surface area contributed by atoms with Crippen molar-refractivity contribution in [2.75, 3.05) is 25.6 Å². The van der Waals surface area contributed by atoms with Gasteiger partial charge in [0.2, 0.25) is 0 Å². The summed E-state index contributed by atoms with van der Waals surface area (Å²) < 4.78 is 38.9. The highest BCUT2D eigenvalue weighted by atomic mass is 19.1. The number of amides is 1. The second-order valence-electron chi connectivity index (χ2n) is 6.99. The fraction of sp³-hybridized carbons (Fsp3) is 0.125.